The maximum Gasteiger partial charge on any atom is 0.179 e. The van der Waals surface area contributed by atoms with Crippen molar-refractivity contribution in [2.24, 2.45) is 5.92 Å². The summed E-state index contributed by atoms with van der Waals surface area (Å²) in [5.74, 6) is 0.509. The van der Waals surface area contributed by atoms with E-state index in [9.17, 15) is 8.42 Å². The van der Waals surface area contributed by atoms with Crippen LogP contribution < -0.4 is 5.32 Å². The first-order valence-corrected chi connectivity index (χ1v) is 9.00. The summed E-state index contributed by atoms with van der Waals surface area (Å²) in [5.41, 5.74) is 2.14. The molecule has 0 bridgehead atoms. The Labute approximate surface area is 123 Å². The maximum atomic E-state index is 12.6. The molecule has 20 heavy (non-hydrogen) atoms. The quantitative estimate of drug-likeness (QED) is 0.841. The van der Waals surface area contributed by atoms with Crippen LogP contribution >= 0.6 is 0 Å². The fourth-order valence-electron chi connectivity index (χ4n) is 2.21. The van der Waals surface area contributed by atoms with Crippen LogP contribution in [0.5, 0.6) is 0 Å². The highest BCUT2D eigenvalue weighted by molar-refractivity contribution is 7.91. The van der Waals surface area contributed by atoms with Crippen LogP contribution in [0.25, 0.3) is 0 Å². The summed E-state index contributed by atoms with van der Waals surface area (Å²) in [4.78, 5) is 0.437. The summed E-state index contributed by atoms with van der Waals surface area (Å²) in [6, 6.07) is 5.39. The van der Waals surface area contributed by atoms with Gasteiger partial charge in [0.25, 0.3) is 0 Å². The maximum absolute atomic E-state index is 12.6. The smallest absolute Gasteiger partial charge is 0.179 e. The molecular weight excluding hydrogens is 270 g/mol. The van der Waals surface area contributed by atoms with Crippen molar-refractivity contribution in [3.8, 4) is 0 Å². The number of nitrogens with one attached hydrogen (secondary N) is 1. The first-order valence-electron chi connectivity index (χ1n) is 7.35. The Balaban J connectivity index is 2.99. The third kappa shape index (κ3) is 4.32. The lowest BCUT2D eigenvalue weighted by Gasteiger charge is -2.23. The summed E-state index contributed by atoms with van der Waals surface area (Å²) in [6.07, 6.45) is 0.972. The molecule has 0 amide bonds. The number of hydrogen-bond donors (Lipinski definition) is 1. The standard InChI is InChI=1S/C16H27NO2S/c1-6-12(3)16(17-7-2)11-20(18,19)15-9-8-13(4)14(5)10-15/h8-10,12,16-17H,6-7,11H2,1-5H3. The van der Waals surface area contributed by atoms with Crippen LogP contribution in [0.1, 0.15) is 38.3 Å². The van der Waals surface area contributed by atoms with Gasteiger partial charge in [-0.15, -0.1) is 0 Å². The van der Waals surface area contributed by atoms with Gasteiger partial charge in [-0.3, -0.25) is 0 Å². The summed E-state index contributed by atoms with van der Waals surface area (Å²) in [6.45, 7) is 10.9. The van der Waals surface area contributed by atoms with E-state index in [4.69, 9.17) is 0 Å². The molecule has 114 valence electrons. The SMILES string of the molecule is CCNC(CS(=O)(=O)c1ccc(C)c(C)c1)C(C)CC. The minimum absolute atomic E-state index is 0.0107. The van der Waals surface area contributed by atoms with Gasteiger partial charge in [0.05, 0.1) is 10.6 Å². The minimum Gasteiger partial charge on any atom is -0.313 e. The van der Waals surface area contributed by atoms with Crippen molar-refractivity contribution < 1.29 is 8.42 Å². The first kappa shape index (κ1) is 17.2. The number of sulfone groups is 1. The molecule has 0 spiro atoms. The van der Waals surface area contributed by atoms with E-state index < -0.39 is 9.84 Å². The zero-order chi connectivity index (χ0) is 15.3. The van der Waals surface area contributed by atoms with E-state index in [0.29, 0.717) is 10.8 Å². The van der Waals surface area contributed by atoms with Crippen molar-refractivity contribution in [3.05, 3.63) is 29.3 Å². The molecule has 0 saturated heterocycles. The number of hydrogen-bond acceptors (Lipinski definition) is 3. The molecule has 4 heteroatoms. The molecule has 2 unspecified atom stereocenters. The molecule has 0 fully saturated rings. The zero-order valence-electron chi connectivity index (χ0n) is 13.2. The van der Waals surface area contributed by atoms with Gasteiger partial charge in [-0.2, -0.15) is 0 Å². The highest BCUT2D eigenvalue weighted by atomic mass is 32.2. The number of benzene rings is 1. The first-order chi connectivity index (χ1) is 9.31. The molecule has 0 heterocycles. The van der Waals surface area contributed by atoms with Gasteiger partial charge in [0.2, 0.25) is 0 Å². The predicted molar refractivity (Wildman–Crippen MR) is 84.9 cm³/mol. The van der Waals surface area contributed by atoms with Gasteiger partial charge in [-0.25, -0.2) is 8.42 Å². The second-order valence-electron chi connectivity index (χ2n) is 5.58. The van der Waals surface area contributed by atoms with E-state index in [1.165, 1.54) is 0 Å². The molecule has 0 saturated carbocycles. The molecular formula is C16H27NO2S. The molecule has 1 N–H and O–H groups in total. The van der Waals surface area contributed by atoms with Crippen LogP contribution in [0.4, 0.5) is 0 Å². The second-order valence-corrected chi connectivity index (χ2v) is 7.61. The highest BCUT2D eigenvalue weighted by Gasteiger charge is 2.24. The van der Waals surface area contributed by atoms with E-state index in [1.54, 1.807) is 12.1 Å². The third-order valence-electron chi connectivity index (χ3n) is 4.03. The second kappa shape index (κ2) is 7.23. The van der Waals surface area contributed by atoms with Gasteiger partial charge in [0.15, 0.2) is 9.84 Å². The Morgan fingerprint density at radius 2 is 1.80 bits per heavy atom. The van der Waals surface area contributed by atoms with Crippen molar-refractivity contribution in [3.63, 3.8) is 0 Å². The molecule has 1 aromatic carbocycles. The van der Waals surface area contributed by atoms with E-state index in [1.807, 2.05) is 26.8 Å². The van der Waals surface area contributed by atoms with E-state index in [-0.39, 0.29) is 11.8 Å². The lowest BCUT2D eigenvalue weighted by molar-refractivity contribution is 0.398. The van der Waals surface area contributed by atoms with Crippen molar-refractivity contribution in [2.75, 3.05) is 12.3 Å². The Kier molecular flexibility index (Phi) is 6.21. The van der Waals surface area contributed by atoms with Gasteiger partial charge in [0.1, 0.15) is 0 Å². The van der Waals surface area contributed by atoms with Gasteiger partial charge in [-0.05, 0) is 49.6 Å². The third-order valence-corrected chi connectivity index (χ3v) is 5.80. The zero-order valence-corrected chi connectivity index (χ0v) is 14.0. The molecule has 0 aliphatic carbocycles. The average Bonchev–Trinajstić information content (AvgIpc) is 2.40. The molecule has 2 atom stereocenters. The van der Waals surface area contributed by atoms with Crippen LogP contribution in [0.3, 0.4) is 0 Å². The van der Waals surface area contributed by atoms with Crippen LogP contribution in [0.15, 0.2) is 23.1 Å². The lowest BCUT2D eigenvalue weighted by atomic mass is 10.0. The topological polar surface area (TPSA) is 46.2 Å². The number of aryl methyl sites for hydroxylation is 2. The van der Waals surface area contributed by atoms with Gasteiger partial charge in [-0.1, -0.05) is 33.3 Å². The molecule has 0 aromatic heterocycles. The van der Waals surface area contributed by atoms with E-state index >= 15 is 0 Å². The van der Waals surface area contributed by atoms with Gasteiger partial charge >= 0.3 is 0 Å². The van der Waals surface area contributed by atoms with Gasteiger partial charge < -0.3 is 5.32 Å². The van der Waals surface area contributed by atoms with Gasteiger partial charge in [0, 0.05) is 6.04 Å². The molecule has 0 aliphatic heterocycles. The van der Waals surface area contributed by atoms with E-state index in [0.717, 1.165) is 24.1 Å². The summed E-state index contributed by atoms with van der Waals surface area (Å²) in [5, 5.41) is 3.31. The van der Waals surface area contributed by atoms with Crippen molar-refractivity contribution in [1.29, 1.82) is 0 Å². The van der Waals surface area contributed by atoms with Crippen LogP contribution in [-0.4, -0.2) is 26.8 Å². The molecule has 0 radical (unpaired) electrons. The monoisotopic (exact) mass is 297 g/mol. The normalized spacial score (nSPS) is 15.1. The Morgan fingerprint density at radius 1 is 1.15 bits per heavy atom. The molecule has 3 nitrogen and oxygen atoms in total. The summed E-state index contributed by atoms with van der Waals surface area (Å²) < 4.78 is 25.1. The summed E-state index contributed by atoms with van der Waals surface area (Å²) >= 11 is 0. The Bertz CT molecular complexity index is 537. The van der Waals surface area contributed by atoms with E-state index in [2.05, 4.69) is 19.2 Å². The van der Waals surface area contributed by atoms with Crippen molar-refractivity contribution in [1.82, 2.24) is 5.32 Å². The highest BCUT2D eigenvalue weighted by Crippen LogP contribution is 2.19. The average molecular weight is 297 g/mol. The van der Waals surface area contributed by atoms with Crippen molar-refractivity contribution in [2.45, 2.75) is 52.0 Å². The van der Waals surface area contributed by atoms with Crippen LogP contribution in [-0.2, 0) is 9.84 Å². The lowest BCUT2D eigenvalue weighted by Crippen LogP contribution is -2.40. The summed E-state index contributed by atoms with van der Waals surface area (Å²) in [7, 11) is -3.24. The fourth-order valence-corrected chi connectivity index (χ4v) is 3.95. The number of rotatable bonds is 7. The molecule has 1 rings (SSSR count). The van der Waals surface area contributed by atoms with Crippen molar-refractivity contribution >= 4 is 9.84 Å². The Hall–Kier alpha value is -0.870. The molecule has 1 aromatic rings. The largest absolute Gasteiger partial charge is 0.313 e. The minimum atomic E-state index is -3.24. The Morgan fingerprint density at radius 3 is 2.30 bits per heavy atom. The van der Waals surface area contributed by atoms with Crippen LogP contribution in [0.2, 0.25) is 0 Å². The predicted octanol–water partition coefficient (Wildman–Crippen LogP) is 3.10. The molecule has 0 aliphatic rings. The van der Waals surface area contributed by atoms with Crippen LogP contribution in [0, 0.1) is 19.8 Å². The fraction of sp³-hybridized carbons (Fsp3) is 0.625.